The van der Waals surface area contributed by atoms with E-state index < -0.39 is 22.0 Å². The van der Waals surface area contributed by atoms with Crippen molar-refractivity contribution in [3.8, 4) is 0 Å². The largest absolute Gasteiger partial charge is 0.480 e. The minimum absolute atomic E-state index is 0.00856. The molecule has 0 aliphatic rings. The zero-order valence-electron chi connectivity index (χ0n) is 10.1. The zero-order chi connectivity index (χ0) is 12.8. The van der Waals surface area contributed by atoms with Crippen molar-refractivity contribution in [1.82, 2.24) is 4.72 Å². The highest BCUT2D eigenvalue weighted by Gasteiger charge is 2.24. The fourth-order valence-electron chi connectivity index (χ4n) is 1.28. The molecule has 0 saturated heterocycles. The van der Waals surface area contributed by atoms with E-state index in [2.05, 4.69) is 4.72 Å². The van der Waals surface area contributed by atoms with E-state index in [1.807, 2.05) is 20.8 Å². The van der Waals surface area contributed by atoms with E-state index in [1.54, 1.807) is 0 Å². The Bertz CT molecular complexity index is 311. The summed E-state index contributed by atoms with van der Waals surface area (Å²) in [5, 5.41) is 8.88. The van der Waals surface area contributed by atoms with Gasteiger partial charge < -0.3 is 5.11 Å². The molecule has 0 aliphatic carbocycles. The molecule has 6 heteroatoms. The molecule has 96 valence electrons. The van der Waals surface area contributed by atoms with E-state index in [0.717, 1.165) is 6.42 Å². The number of hydrogen-bond acceptors (Lipinski definition) is 3. The first-order chi connectivity index (χ1) is 7.28. The van der Waals surface area contributed by atoms with Gasteiger partial charge >= 0.3 is 5.97 Å². The van der Waals surface area contributed by atoms with Gasteiger partial charge in [-0.25, -0.2) is 13.1 Å². The number of unbranched alkanes of at least 4 members (excludes halogenated alkanes) is 1. The van der Waals surface area contributed by atoms with Crippen LogP contribution in [0.4, 0.5) is 0 Å². The number of carboxylic acids is 1. The van der Waals surface area contributed by atoms with E-state index in [9.17, 15) is 13.2 Å². The minimum atomic E-state index is -3.46. The van der Waals surface area contributed by atoms with Crippen LogP contribution in [0.25, 0.3) is 0 Å². The Hall–Kier alpha value is -0.620. The summed E-state index contributed by atoms with van der Waals surface area (Å²) in [5.41, 5.74) is 0. The second-order valence-electron chi connectivity index (χ2n) is 4.31. The number of sulfonamides is 1. The molecule has 2 N–H and O–H groups in total. The molecule has 0 amide bonds. The molecule has 0 heterocycles. The Morgan fingerprint density at radius 3 is 2.31 bits per heavy atom. The molecule has 0 fully saturated rings. The summed E-state index contributed by atoms with van der Waals surface area (Å²) < 4.78 is 25.3. The van der Waals surface area contributed by atoms with Crippen LogP contribution < -0.4 is 4.72 Å². The molecule has 0 radical (unpaired) electrons. The molecule has 0 aromatic carbocycles. The van der Waals surface area contributed by atoms with Crippen molar-refractivity contribution >= 4 is 16.0 Å². The number of nitrogens with one attached hydrogen (secondary N) is 1. The van der Waals surface area contributed by atoms with Crippen LogP contribution >= 0.6 is 0 Å². The molecule has 1 atom stereocenters. The van der Waals surface area contributed by atoms with Gasteiger partial charge in [0.05, 0.1) is 5.75 Å². The van der Waals surface area contributed by atoms with Crippen LogP contribution in [0.3, 0.4) is 0 Å². The highest BCUT2D eigenvalue weighted by molar-refractivity contribution is 7.89. The monoisotopic (exact) mass is 251 g/mol. The first kappa shape index (κ1) is 15.4. The molecular weight excluding hydrogens is 230 g/mol. The number of carboxylic acid groups (broad SMARTS) is 1. The van der Waals surface area contributed by atoms with E-state index in [4.69, 9.17) is 5.11 Å². The molecule has 0 unspecified atom stereocenters. The number of carbonyl (C=O) groups is 1. The fraction of sp³-hybridized carbons (Fsp3) is 0.900. The fourth-order valence-corrected chi connectivity index (χ4v) is 2.70. The van der Waals surface area contributed by atoms with Gasteiger partial charge in [-0.15, -0.1) is 0 Å². The second kappa shape index (κ2) is 6.85. The molecule has 16 heavy (non-hydrogen) atoms. The molecule has 0 bridgehead atoms. The van der Waals surface area contributed by atoms with Crippen molar-refractivity contribution in [2.24, 2.45) is 5.92 Å². The van der Waals surface area contributed by atoms with Crippen molar-refractivity contribution in [3.05, 3.63) is 0 Å². The van der Waals surface area contributed by atoms with E-state index in [-0.39, 0.29) is 11.7 Å². The maximum Gasteiger partial charge on any atom is 0.321 e. The van der Waals surface area contributed by atoms with Gasteiger partial charge in [0.1, 0.15) is 6.04 Å². The van der Waals surface area contributed by atoms with Crippen LogP contribution in [0, 0.1) is 5.92 Å². The lowest BCUT2D eigenvalue weighted by Gasteiger charge is -2.16. The summed E-state index contributed by atoms with van der Waals surface area (Å²) in [6.45, 7) is 5.60. The predicted molar refractivity (Wildman–Crippen MR) is 62.7 cm³/mol. The standard InChI is InChI=1S/C10H21NO4S/c1-4-5-6-16(14,15)11-9(10(12)13)7-8(2)3/h8-9,11H,4-7H2,1-3H3,(H,12,13)/t9-/m0/s1. The third kappa shape index (κ3) is 6.79. The van der Waals surface area contributed by atoms with Gasteiger partial charge in [-0.1, -0.05) is 27.2 Å². The molecule has 0 saturated carbocycles. The van der Waals surface area contributed by atoms with Crippen LogP contribution in [-0.2, 0) is 14.8 Å². The molecule has 0 aliphatic heterocycles. The number of rotatable bonds is 8. The molecule has 0 aromatic rings. The Balaban J connectivity index is 4.44. The van der Waals surface area contributed by atoms with Crippen LogP contribution in [0.2, 0.25) is 0 Å². The third-order valence-corrected chi connectivity index (χ3v) is 3.56. The highest BCUT2D eigenvalue weighted by Crippen LogP contribution is 2.07. The van der Waals surface area contributed by atoms with E-state index in [0.29, 0.717) is 12.8 Å². The smallest absolute Gasteiger partial charge is 0.321 e. The van der Waals surface area contributed by atoms with Gasteiger partial charge in [0.25, 0.3) is 0 Å². The molecule has 0 aromatic heterocycles. The van der Waals surface area contributed by atoms with E-state index in [1.165, 1.54) is 0 Å². The molecular formula is C10H21NO4S. The zero-order valence-corrected chi connectivity index (χ0v) is 10.9. The lowest BCUT2D eigenvalue weighted by molar-refractivity contribution is -0.139. The Kier molecular flexibility index (Phi) is 6.59. The summed E-state index contributed by atoms with van der Waals surface area (Å²) in [6.07, 6.45) is 1.62. The SMILES string of the molecule is CCCCS(=O)(=O)N[C@@H](CC(C)C)C(=O)O. The maximum atomic E-state index is 11.5. The maximum absolute atomic E-state index is 11.5. The van der Waals surface area contributed by atoms with Gasteiger partial charge in [0.2, 0.25) is 10.0 Å². The van der Waals surface area contributed by atoms with Gasteiger partial charge in [-0.05, 0) is 18.8 Å². The Morgan fingerprint density at radius 2 is 1.94 bits per heavy atom. The van der Waals surface area contributed by atoms with Gasteiger partial charge in [-0.2, -0.15) is 0 Å². The highest BCUT2D eigenvalue weighted by atomic mass is 32.2. The van der Waals surface area contributed by atoms with Crippen molar-refractivity contribution in [2.75, 3.05) is 5.75 Å². The Morgan fingerprint density at radius 1 is 1.38 bits per heavy atom. The van der Waals surface area contributed by atoms with Crippen molar-refractivity contribution in [1.29, 1.82) is 0 Å². The van der Waals surface area contributed by atoms with Crippen LogP contribution in [0.5, 0.6) is 0 Å². The van der Waals surface area contributed by atoms with Crippen LogP contribution in [-0.4, -0.2) is 31.3 Å². The average Bonchev–Trinajstić information content (AvgIpc) is 2.12. The molecule has 5 nitrogen and oxygen atoms in total. The summed E-state index contributed by atoms with van der Waals surface area (Å²) >= 11 is 0. The molecule has 0 rings (SSSR count). The van der Waals surface area contributed by atoms with Crippen molar-refractivity contribution in [3.63, 3.8) is 0 Å². The number of hydrogen-bond donors (Lipinski definition) is 2. The topological polar surface area (TPSA) is 83.5 Å². The number of aliphatic carboxylic acids is 1. The molecule has 0 spiro atoms. The summed E-state index contributed by atoms with van der Waals surface area (Å²) in [5.74, 6) is -0.991. The lowest BCUT2D eigenvalue weighted by atomic mass is 10.1. The van der Waals surface area contributed by atoms with Crippen molar-refractivity contribution in [2.45, 2.75) is 46.1 Å². The van der Waals surface area contributed by atoms with Crippen LogP contribution in [0.15, 0.2) is 0 Å². The average molecular weight is 251 g/mol. The van der Waals surface area contributed by atoms with Gasteiger partial charge in [0, 0.05) is 0 Å². The van der Waals surface area contributed by atoms with Gasteiger partial charge in [-0.3, -0.25) is 4.79 Å². The van der Waals surface area contributed by atoms with Crippen molar-refractivity contribution < 1.29 is 18.3 Å². The quantitative estimate of drug-likeness (QED) is 0.679. The first-order valence-electron chi connectivity index (χ1n) is 5.51. The van der Waals surface area contributed by atoms with Crippen LogP contribution in [0.1, 0.15) is 40.0 Å². The summed E-state index contributed by atoms with van der Waals surface area (Å²) in [7, 11) is -3.46. The Labute approximate surface area is 97.3 Å². The third-order valence-electron chi connectivity index (χ3n) is 2.09. The first-order valence-corrected chi connectivity index (χ1v) is 7.16. The second-order valence-corrected chi connectivity index (χ2v) is 6.18. The lowest BCUT2D eigenvalue weighted by Crippen LogP contribution is -2.42. The minimum Gasteiger partial charge on any atom is -0.480 e. The normalized spacial score (nSPS) is 14.0. The predicted octanol–water partition coefficient (Wildman–Crippen LogP) is 1.21. The summed E-state index contributed by atoms with van der Waals surface area (Å²) in [6, 6.07) is -1.01. The van der Waals surface area contributed by atoms with E-state index >= 15 is 0 Å². The van der Waals surface area contributed by atoms with Gasteiger partial charge in [0.15, 0.2) is 0 Å². The summed E-state index contributed by atoms with van der Waals surface area (Å²) in [4.78, 5) is 10.9.